The van der Waals surface area contributed by atoms with Gasteiger partial charge < -0.3 is 20.6 Å². The lowest BCUT2D eigenvalue weighted by atomic mass is 9.93. The summed E-state index contributed by atoms with van der Waals surface area (Å²) in [6.07, 6.45) is 6.71. The predicted octanol–water partition coefficient (Wildman–Crippen LogP) is 2.93. The van der Waals surface area contributed by atoms with Crippen molar-refractivity contribution < 1.29 is 9.84 Å². The van der Waals surface area contributed by atoms with E-state index < -0.39 is 0 Å². The second-order valence-corrected chi connectivity index (χ2v) is 6.27. The standard InChI is InChI=1S/C19H15N5O2/c20-15-8-21-5-11-9-26-18(10-1-3-12(25)4-2-10)14-6-22-19-17(14)13(16(11)15)7-23-24-19/h1-8,18,25H,9,20H2,(H,22,24). The van der Waals surface area contributed by atoms with Crippen molar-refractivity contribution >= 4 is 16.7 Å². The second kappa shape index (κ2) is 5.53. The van der Waals surface area contributed by atoms with Crippen LogP contribution in [0, 0.1) is 0 Å². The Balaban J connectivity index is 1.82. The van der Waals surface area contributed by atoms with Crippen LogP contribution in [0.4, 0.5) is 5.69 Å². The van der Waals surface area contributed by atoms with Crippen LogP contribution in [0.3, 0.4) is 0 Å². The molecule has 0 spiro atoms. The van der Waals surface area contributed by atoms with Crippen LogP contribution in [0.5, 0.6) is 5.75 Å². The van der Waals surface area contributed by atoms with E-state index in [1.54, 1.807) is 30.7 Å². The van der Waals surface area contributed by atoms with Gasteiger partial charge in [-0.3, -0.25) is 4.98 Å². The van der Waals surface area contributed by atoms with Gasteiger partial charge in [0.2, 0.25) is 0 Å². The molecular weight excluding hydrogens is 330 g/mol. The average molecular weight is 345 g/mol. The van der Waals surface area contributed by atoms with Crippen LogP contribution in [-0.4, -0.2) is 25.3 Å². The molecule has 0 saturated carbocycles. The molecule has 0 saturated heterocycles. The fourth-order valence-corrected chi connectivity index (χ4v) is 3.54. The lowest BCUT2D eigenvalue weighted by molar-refractivity contribution is 0.0674. The number of nitrogen functional groups attached to an aromatic ring is 1. The van der Waals surface area contributed by atoms with Crippen LogP contribution in [-0.2, 0) is 11.3 Å². The molecule has 1 atom stereocenters. The van der Waals surface area contributed by atoms with Crippen molar-refractivity contribution in [3.8, 4) is 16.9 Å². The maximum Gasteiger partial charge on any atom is 0.160 e. The quantitative estimate of drug-likeness (QED) is 0.489. The SMILES string of the molecule is Nc1cncc2c1-c1cnnc3[nH]cc(c13)C(c1ccc(O)cc1)OC2. The number of ether oxygens (including phenoxy) is 1. The van der Waals surface area contributed by atoms with Crippen LogP contribution in [0.25, 0.3) is 22.2 Å². The summed E-state index contributed by atoms with van der Waals surface area (Å²) >= 11 is 0. The van der Waals surface area contributed by atoms with Gasteiger partial charge in [-0.25, -0.2) is 0 Å². The van der Waals surface area contributed by atoms with Gasteiger partial charge in [0, 0.05) is 40.0 Å². The van der Waals surface area contributed by atoms with E-state index >= 15 is 0 Å². The Morgan fingerprint density at radius 1 is 1.15 bits per heavy atom. The number of hydrogen-bond acceptors (Lipinski definition) is 6. The van der Waals surface area contributed by atoms with E-state index in [4.69, 9.17) is 10.5 Å². The molecule has 26 heavy (non-hydrogen) atoms. The van der Waals surface area contributed by atoms with Crippen LogP contribution < -0.4 is 5.73 Å². The number of phenolic OH excluding ortho intramolecular Hbond substituents is 1. The van der Waals surface area contributed by atoms with Gasteiger partial charge in [-0.2, -0.15) is 5.10 Å². The Labute approximate surface area is 148 Å². The number of rotatable bonds is 1. The first kappa shape index (κ1) is 14.9. The van der Waals surface area contributed by atoms with Crippen molar-refractivity contribution in [2.45, 2.75) is 12.7 Å². The summed E-state index contributed by atoms with van der Waals surface area (Å²) in [7, 11) is 0. The smallest absolute Gasteiger partial charge is 0.160 e. The number of aromatic amines is 1. The number of aromatic nitrogens is 4. The van der Waals surface area contributed by atoms with E-state index in [1.807, 2.05) is 18.3 Å². The number of anilines is 1. The first-order chi connectivity index (χ1) is 12.7. The van der Waals surface area contributed by atoms with Crippen LogP contribution in [0.2, 0.25) is 0 Å². The molecule has 4 heterocycles. The lowest BCUT2D eigenvalue weighted by Crippen LogP contribution is -2.11. The van der Waals surface area contributed by atoms with Gasteiger partial charge in [0.05, 0.1) is 24.7 Å². The molecule has 0 radical (unpaired) electrons. The third-order valence-electron chi connectivity index (χ3n) is 4.71. The lowest BCUT2D eigenvalue weighted by Gasteiger charge is -2.23. The number of hydrogen-bond donors (Lipinski definition) is 3. The van der Waals surface area contributed by atoms with Crippen LogP contribution >= 0.6 is 0 Å². The van der Waals surface area contributed by atoms with E-state index in [2.05, 4.69) is 20.2 Å². The number of nitrogens with two attached hydrogens (primary N) is 1. The van der Waals surface area contributed by atoms with Crippen molar-refractivity contribution in [1.29, 1.82) is 0 Å². The second-order valence-electron chi connectivity index (χ2n) is 6.27. The highest BCUT2D eigenvalue weighted by atomic mass is 16.5. The highest BCUT2D eigenvalue weighted by Gasteiger charge is 2.26. The third-order valence-corrected chi connectivity index (χ3v) is 4.71. The molecular formula is C19H15N5O2. The molecule has 1 aliphatic heterocycles. The van der Waals surface area contributed by atoms with Crippen molar-refractivity contribution in [3.05, 3.63) is 65.7 Å². The zero-order chi connectivity index (χ0) is 17.7. The Bertz CT molecular complexity index is 1120. The highest BCUT2D eigenvalue weighted by Crippen LogP contribution is 2.42. The Kier molecular flexibility index (Phi) is 3.16. The monoisotopic (exact) mass is 345 g/mol. The summed E-state index contributed by atoms with van der Waals surface area (Å²) in [6.45, 7) is 0.355. The van der Waals surface area contributed by atoms with Crippen LogP contribution in [0.15, 0.2) is 49.1 Å². The summed E-state index contributed by atoms with van der Waals surface area (Å²) in [6, 6.07) is 7.02. The summed E-state index contributed by atoms with van der Waals surface area (Å²) in [4.78, 5) is 7.38. The molecule has 1 unspecified atom stereocenters. The van der Waals surface area contributed by atoms with E-state index in [0.29, 0.717) is 17.9 Å². The third kappa shape index (κ3) is 2.14. The Hall–Kier alpha value is -3.45. The molecule has 1 aliphatic rings. The van der Waals surface area contributed by atoms with Crippen molar-refractivity contribution in [1.82, 2.24) is 20.2 Å². The minimum Gasteiger partial charge on any atom is -0.508 e. The number of nitrogens with zero attached hydrogens (tertiary/aromatic N) is 3. The maximum atomic E-state index is 9.60. The number of aromatic hydroxyl groups is 1. The van der Waals surface area contributed by atoms with Gasteiger partial charge in [-0.05, 0) is 17.7 Å². The molecule has 3 aromatic heterocycles. The van der Waals surface area contributed by atoms with Gasteiger partial charge in [0.25, 0.3) is 0 Å². The van der Waals surface area contributed by atoms with E-state index in [-0.39, 0.29) is 11.9 Å². The predicted molar refractivity (Wildman–Crippen MR) is 96.3 cm³/mol. The minimum atomic E-state index is -0.318. The molecule has 4 N–H and O–H groups in total. The number of benzene rings is 1. The molecule has 0 amide bonds. The maximum absolute atomic E-state index is 9.60. The van der Waals surface area contributed by atoms with Crippen LogP contribution in [0.1, 0.15) is 22.8 Å². The summed E-state index contributed by atoms with van der Waals surface area (Å²) in [5.74, 6) is 0.215. The molecule has 1 aromatic carbocycles. The molecule has 5 rings (SSSR count). The topological polar surface area (TPSA) is 110 Å². The number of fused-ring (bicyclic) bond motifs is 2. The van der Waals surface area contributed by atoms with Crippen molar-refractivity contribution in [2.24, 2.45) is 0 Å². The molecule has 0 bridgehead atoms. The van der Waals surface area contributed by atoms with E-state index in [9.17, 15) is 5.11 Å². The van der Waals surface area contributed by atoms with E-state index in [0.717, 1.165) is 33.2 Å². The molecule has 4 aromatic rings. The van der Waals surface area contributed by atoms with Crippen molar-refractivity contribution in [2.75, 3.05) is 5.73 Å². The molecule has 128 valence electrons. The average Bonchev–Trinajstić information content (AvgIpc) is 3.06. The zero-order valence-electron chi connectivity index (χ0n) is 13.7. The van der Waals surface area contributed by atoms with Gasteiger partial charge in [-0.1, -0.05) is 12.1 Å². The first-order valence-electron chi connectivity index (χ1n) is 8.18. The normalized spacial score (nSPS) is 16.1. The van der Waals surface area contributed by atoms with E-state index in [1.165, 1.54) is 0 Å². The van der Waals surface area contributed by atoms with Gasteiger partial charge in [0.1, 0.15) is 11.9 Å². The summed E-state index contributed by atoms with van der Waals surface area (Å²) in [5, 5.41) is 18.9. The zero-order valence-corrected chi connectivity index (χ0v) is 13.7. The summed E-state index contributed by atoms with van der Waals surface area (Å²) in [5.41, 5.74) is 12.1. The first-order valence-corrected chi connectivity index (χ1v) is 8.18. The fraction of sp³-hybridized carbons (Fsp3) is 0.105. The Morgan fingerprint density at radius 3 is 2.85 bits per heavy atom. The molecule has 7 heteroatoms. The molecule has 0 fully saturated rings. The molecule has 0 aliphatic carbocycles. The highest BCUT2D eigenvalue weighted by molar-refractivity contribution is 5.99. The van der Waals surface area contributed by atoms with Gasteiger partial charge >= 0.3 is 0 Å². The Morgan fingerprint density at radius 2 is 2.00 bits per heavy atom. The summed E-state index contributed by atoms with van der Waals surface area (Å²) < 4.78 is 6.25. The number of nitrogens with one attached hydrogen (secondary N) is 1. The number of phenols is 1. The van der Waals surface area contributed by atoms with Gasteiger partial charge in [-0.15, -0.1) is 5.10 Å². The largest absolute Gasteiger partial charge is 0.508 e. The minimum absolute atomic E-state index is 0.215. The number of pyridine rings is 1. The van der Waals surface area contributed by atoms with Gasteiger partial charge in [0.15, 0.2) is 5.65 Å². The number of H-pyrrole nitrogens is 1. The molecule has 7 nitrogen and oxygen atoms in total. The fourth-order valence-electron chi connectivity index (χ4n) is 3.54. The van der Waals surface area contributed by atoms with Crippen molar-refractivity contribution in [3.63, 3.8) is 0 Å².